The van der Waals surface area contributed by atoms with Crippen LogP contribution >= 0.6 is 0 Å². The van der Waals surface area contributed by atoms with E-state index in [-0.39, 0.29) is 6.61 Å². The quantitative estimate of drug-likeness (QED) is 0.392. The number of methoxy groups -OCH3 is 3. The number of anilines is 2. The van der Waals surface area contributed by atoms with Crippen molar-refractivity contribution in [3.63, 3.8) is 0 Å². The SMILES string of the molecule is COc1cnc2ccc(Nc3ccc(OCc4ccc(OC)c(C#N)c4)c(OC)c3)c(C#N)c2n1. The first kappa shape index (κ1) is 23.1. The Hall–Kier alpha value is -5.02. The van der Waals surface area contributed by atoms with Crippen molar-refractivity contribution >= 4 is 22.4 Å². The van der Waals surface area contributed by atoms with Gasteiger partial charge in [-0.3, -0.25) is 0 Å². The van der Waals surface area contributed by atoms with Gasteiger partial charge in [0.25, 0.3) is 0 Å². The summed E-state index contributed by atoms with van der Waals surface area (Å²) in [7, 11) is 4.57. The number of ether oxygens (including phenoxy) is 4. The minimum absolute atomic E-state index is 0.242. The minimum Gasteiger partial charge on any atom is -0.495 e. The van der Waals surface area contributed by atoms with Gasteiger partial charge in [-0.15, -0.1) is 0 Å². The fraction of sp³-hybridized carbons (Fsp3) is 0.154. The normalized spacial score (nSPS) is 10.2. The highest BCUT2D eigenvalue weighted by Crippen LogP contribution is 2.34. The molecule has 0 aliphatic rings. The van der Waals surface area contributed by atoms with E-state index in [0.29, 0.717) is 56.7 Å². The molecule has 35 heavy (non-hydrogen) atoms. The third-order valence-corrected chi connectivity index (χ3v) is 5.23. The van der Waals surface area contributed by atoms with Crippen molar-refractivity contribution in [1.29, 1.82) is 10.5 Å². The highest BCUT2D eigenvalue weighted by molar-refractivity contribution is 5.88. The summed E-state index contributed by atoms with van der Waals surface area (Å²) >= 11 is 0. The smallest absolute Gasteiger partial charge is 0.232 e. The zero-order chi connectivity index (χ0) is 24.8. The number of aromatic nitrogens is 2. The van der Waals surface area contributed by atoms with E-state index in [4.69, 9.17) is 18.9 Å². The van der Waals surface area contributed by atoms with E-state index in [1.54, 1.807) is 43.5 Å². The number of hydrogen-bond acceptors (Lipinski definition) is 9. The summed E-state index contributed by atoms with van der Waals surface area (Å²) in [6.45, 7) is 0.242. The van der Waals surface area contributed by atoms with Crippen LogP contribution in [0.3, 0.4) is 0 Å². The maximum atomic E-state index is 9.78. The van der Waals surface area contributed by atoms with Gasteiger partial charge in [0.15, 0.2) is 11.5 Å². The third kappa shape index (κ3) is 4.85. The number of benzene rings is 3. The first-order valence-electron chi connectivity index (χ1n) is 10.5. The van der Waals surface area contributed by atoms with E-state index < -0.39 is 0 Å². The van der Waals surface area contributed by atoms with Crippen LogP contribution in [0.15, 0.2) is 54.7 Å². The predicted octanol–water partition coefficient (Wildman–Crippen LogP) is 4.72. The molecule has 174 valence electrons. The molecule has 4 rings (SSSR count). The standard InChI is InChI=1S/C26H21N5O4/c1-32-22-8-4-16(10-17(22)12-27)15-35-23-9-5-18(11-24(23)33-2)30-20-6-7-21-26(19(20)13-28)31-25(34-3)14-29-21/h4-11,14,30H,15H2,1-3H3. The molecule has 0 unspecified atom stereocenters. The molecular weight excluding hydrogens is 446 g/mol. The van der Waals surface area contributed by atoms with Crippen LogP contribution in [0.2, 0.25) is 0 Å². The van der Waals surface area contributed by atoms with E-state index in [1.807, 2.05) is 12.1 Å². The van der Waals surface area contributed by atoms with Crippen molar-refractivity contribution in [1.82, 2.24) is 9.97 Å². The second kappa shape index (κ2) is 10.3. The molecule has 0 atom stereocenters. The Morgan fingerprint density at radius 3 is 2.37 bits per heavy atom. The molecule has 0 saturated carbocycles. The van der Waals surface area contributed by atoms with Crippen molar-refractivity contribution in [2.75, 3.05) is 26.6 Å². The first-order valence-corrected chi connectivity index (χ1v) is 10.5. The molecular formula is C26H21N5O4. The Morgan fingerprint density at radius 2 is 1.66 bits per heavy atom. The summed E-state index contributed by atoms with van der Waals surface area (Å²) < 4.78 is 21.8. The topological polar surface area (TPSA) is 122 Å². The van der Waals surface area contributed by atoms with Crippen LogP contribution in [0.4, 0.5) is 11.4 Å². The summed E-state index contributed by atoms with van der Waals surface area (Å²) in [5, 5.41) is 22.3. The number of nitrogens with zero attached hydrogens (tertiary/aromatic N) is 4. The molecule has 0 amide bonds. The maximum absolute atomic E-state index is 9.78. The van der Waals surface area contributed by atoms with Crippen molar-refractivity contribution in [2.45, 2.75) is 6.61 Å². The van der Waals surface area contributed by atoms with E-state index >= 15 is 0 Å². The van der Waals surface area contributed by atoms with Crippen molar-refractivity contribution < 1.29 is 18.9 Å². The van der Waals surface area contributed by atoms with Gasteiger partial charge < -0.3 is 24.3 Å². The summed E-state index contributed by atoms with van der Waals surface area (Å²) in [6.07, 6.45) is 1.51. The number of nitrogens with one attached hydrogen (secondary N) is 1. The first-order chi connectivity index (χ1) is 17.1. The van der Waals surface area contributed by atoms with Gasteiger partial charge >= 0.3 is 0 Å². The Balaban J connectivity index is 1.57. The van der Waals surface area contributed by atoms with Crippen LogP contribution in [0.25, 0.3) is 11.0 Å². The van der Waals surface area contributed by atoms with Crippen molar-refractivity contribution in [2.24, 2.45) is 0 Å². The molecule has 0 fully saturated rings. The van der Waals surface area contributed by atoms with Gasteiger partial charge in [-0.05, 0) is 42.0 Å². The Morgan fingerprint density at radius 1 is 0.857 bits per heavy atom. The second-order valence-corrected chi connectivity index (χ2v) is 7.31. The lowest BCUT2D eigenvalue weighted by Crippen LogP contribution is -2.01. The van der Waals surface area contributed by atoms with Crippen molar-refractivity contribution in [3.8, 4) is 35.3 Å². The van der Waals surface area contributed by atoms with Crippen LogP contribution in [0.1, 0.15) is 16.7 Å². The summed E-state index contributed by atoms with van der Waals surface area (Å²) in [5.74, 6) is 1.87. The molecule has 0 radical (unpaired) electrons. The molecule has 1 heterocycles. The molecule has 0 saturated heterocycles. The molecule has 9 nitrogen and oxygen atoms in total. The van der Waals surface area contributed by atoms with Gasteiger partial charge in [-0.25, -0.2) is 9.97 Å². The summed E-state index contributed by atoms with van der Waals surface area (Å²) in [4.78, 5) is 8.66. The van der Waals surface area contributed by atoms with Gasteiger partial charge in [0.2, 0.25) is 5.88 Å². The second-order valence-electron chi connectivity index (χ2n) is 7.31. The fourth-order valence-corrected chi connectivity index (χ4v) is 3.49. The van der Waals surface area contributed by atoms with Crippen molar-refractivity contribution in [3.05, 3.63) is 71.4 Å². The van der Waals surface area contributed by atoms with Crippen LogP contribution in [0.5, 0.6) is 23.1 Å². The molecule has 1 N–H and O–H groups in total. The van der Waals surface area contributed by atoms with E-state index in [9.17, 15) is 10.5 Å². The minimum atomic E-state index is 0.242. The Bertz CT molecular complexity index is 1470. The Labute approximate surface area is 202 Å². The van der Waals surface area contributed by atoms with E-state index in [1.165, 1.54) is 20.4 Å². The van der Waals surface area contributed by atoms with E-state index in [0.717, 1.165) is 5.56 Å². The molecule has 0 bridgehead atoms. The number of fused-ring (bicyclic) bond motifs is 1. The molecule has 0 aliphatic heterocycles. The van der Waals surface area contributed by atoms with Gasteiger partial charge in [0.1, 0.15) is 35.6 Å². The summed E-state index contributed by atoms with van der Waals surface area (Å²) in [5.41, 5.74) is 3.90. The molecule has 0 aliphatic carbocycles. The maximum Gasteiger partial charge on any atom is 0.232 e. The number of rotatable bonds is 8. The molecule has 4 aromatic rings. The fourth-order valence-electron chi connectivity index (χ4n) is 3.49. The molecule has 1 aromatic heterocycles. The van der Waals surface area contributed by atoms with Gasteiger partial charge in [-0.2, -0.15) is 10.5 Å². The largest absolute Gasteiger partial charge is 0.495 e. The zero-order valence-electron chi connectivity index (χ0n) is 19.3. The molecule has 0 spiro atoms. The van der Waals surface area contributed by atoms with Crippen LogP contribution in [-0.4, -0.2) is 31.3 Å². The van der Waals surface area contributed by atoms with Gasteiger partial charge in [-0.1, -0.05) is 6.07 Å². The lowest BCUT2D eigenvalue weighted by atomic mass is 10.1. The highest BCUT2D eigenvalue weighted by atomic mass is 16.5. The lowest BCUT2D eigenvalue weighted by Gasteiger charge is -2.15. The number of nitriles is 2. The van der Waals surface area contributed by atoms with Gasteiger partial charge in [0, 0.05) is 11.8 Å². The molecule has 9 heteroatoms. The summed E-state index contributed by atoms with van der Waals surface area (Å²) in [6, 6.07) is 18.5. The highest BCUT2D eigenvalue weighted by Gasteiger charge is 2.13. The van der Waals surface area contributed by atoms with Crippen LogP contribution in [0, 0.1) is 22.7 Å². The third-order valence-electron chi connectivity index (χ3n) is 5.23. The van der Waals surface area contributed by atoms with E-state index in [2.05, 4.69) is 27.4 Å². The molecule has 3 aromatic carbocycles. The van der Waals surface area contributed by atoms with Gasteiger partial charge in [0.05, 0.1) is 44.3 Å². The van der Waals surface area contributed by atoms with Crippen LogP contribution < -0.4 is 24.3 Å². The predicted molar refractivity (Wildman–Crippen MR) is 129 cm³/mol. The monoisotopic (exact) mass is 467 g/mol. The zero-order valence-corrected chi connectivity index (χ0v) is 19.3. The number of hydrogen-bond donors (Lipinski definition) is 1. The average Bonchev–Trinajstić information content (AvgIpc) is 2.91. The average molecular weight is 467 g/mol. The Kier molecular flexibility index (Phi) is 6.80. The lowest BCUT2D eigenvalue weighted by molar-refractivity contribution is 0.284. The van der Waals surface area contributed by atoms with Crippen LogP contribution in [-0.2, 0) is 6.61 Å².